The minimum absolute atomic E-state index is 0.182. The van der Waals surface area contributed by atoms with Crippen molar-refractivity contribution in [2.45, 2.75) is 29.9 Å². The Kier molecular flexibility index (Phi) is 3.66. The van der Waals surface area contributed by atoms with Crippen LogP contribution in [-0.2, 0) is 4.74 Å². The normalized spacial score (nSPS) is 24.0. The summed E-state index contributed by atoms with van der Waals surface area (Å²) in [4.78, 5) is 14.1. The summed E-state index contributed by atoms with van der Waals surface area (Å²) < 4.78 is 5.30. The van der Waals surface area contributed by atoms with Gasteiger partial charge in [-0.05, 0) is 67.6 Å². The van der Waals surface area contributed by atoms with Crippen molar-refractivity contribution in [3.05, 3.63) is 29.3 Å². The Bertz CT molecular complexity index is 500. The van der Waals surface area contributed by atoms with Crippen LogP contribution in [-0.4, -0.2) is 25.2 Å². The lowest BCUT2D eigenvalue weighted by Gasteiger charge is -2.39. The number of nitrogens with one attached hydrogen (secondary N) is 1. The summed E-state index contributed by atoms with van der Waals surface area (Å²) in [5.41, 5.74) is 3.33. The van der Waals surface area contributed by atoms with Crippen molar-refractivity contribution in [2.24, 2.45) is 0 Å². The summed E-state index contributed by atoms with van der Waals surface area (Å²) in [6.07, 6.45) is 1.76. The number of halogens is 1. The summed E-state index contributed by atoms with van der Waals surface area (Å²) in [6, 6.07) is 6.49. The smallest absolute Gasteiger partial charge is 0.415 e. The molecule has 2 aliphatic rings. The second kappa shape index (κ2) is 5.28. The van der Waals surface area contributed by atoms with E-state index >= 15 is 0 Å². The van der Waals surface area contributed by atoms with Gasteiger partial charge in [0.1, 0.15) is 0 Å². The summed E-state index contributed by atoms with van der Waals surface area (Å²) in [5, 5.41) is 3.33. The maximum Gasteiger partial charge on any atom is 0.415 e. The van der Waals surface area contributed by atoms with Crippen LogP contribution in [0.25, 0.3) is 0 Å². The number of carbonyl (C=O) groups is 1. The first-order valence-corrected chi connectivity index (χ1v) is 7.86. The van der Waals surface area contributed by atoms with Gasteiger partial charge in [0.05, 0.1) is 5.69 Å². The minimum atomic E-state index is -0.206. The molecule has 19 heavy (non-hydrogen) atoms. The highest BCUT2D eigenvalue weighted by Crippen LogP contribution is 2.40. The zero-order valence-electron chi connectivity index (χ0n) is 10.9. The van der Waals surface area contributed by atoms with E-state index in [-0.39, 0.29) is 16.2 Å². The summed E-state index contributed by atoms with van der Waals surface area (Å²) in [5.74, 6) is 0. The molecule has 1 atom stereocenters. The molecule has 1 N–H and O–H groups in total. The Balaban J connectivity index is 2.00. The number of carbonyl (C=O) groups excluding carboxylic acids is 1. The monoisotopic (exact) mass is 372 g/mol. The van der Waals surface area contributed by atoms with Crippen molar-refractivity contribution >= 4 is 34.4 Å². The molecule has 1 aromatic carbocycles. The number of aryl methyl sites for hydroxylation is 1. The molecular weight excluding hydrogens is 355 g/mol. The van der Waals surface area contributed by atoms with Gasteiger partial charge >= 0.3 is 6.09 Å². The molecule has 5 heteroatoms. The van der Waals surface area contributed by atoms with Crippen LogP contribution in [0.5, 0.6) is 0 Å². The molecule has 0 saturated carbocycles. The second-order valence-electron chi connectivity index (χ2n) is 5.11. The van der Waals surface area contributed by atoms with Gasteiger partial charge in [0.15, 0.2) is 4.11 Å². The van der Waals surface area contributed by atoms with Gasteiger partial charge in [-0.25, -0.2) is 4.79 Å². The summed E-state index contributed by atoms with van der Waals surface area (Å²) in [6.45, 7) is 3.99. The predicted octanol–water partition coefficient (Wildman–Crippen LogP) is 3.14. The van der Waals surface area contributed by atoms with E-state index in [4.69, 9.17) is 4.74 Å². The molecule has 2 aliphatic heterocycles. The van der Waals surface area contributed by atoms with Crippen molar-refractivity contribution in [3.8, 4) is 0 Å². The lowest BCUT2D eigenvalue weighted by atomic mass is 10.0. The molecule has 0 aliphatic carbocycles. The average Bonchev–Trinajstić information content (AvgIpc) is 2.41. The van der Waals surface area contributed by atoms with Crippen molar-refractivity contribution in [3.63, 3.8) is 0 Å². The van der Waals surface area contributed by atoms with E-state index in [0.29, 0.717) is 0 Å². The van der Waals surface area contributed by atoms with Gasteiger partial charge in [-0.1, -0.05) is 11.6 Å². The summed E-state index contributed by atoms with van der Waals surface area (Å²) >= 11 is 2.18. The Morgan fingerprint density at radius 1 is 1.37 bits per heavy atom. The van der Waals surface area contributed by atoms with Gasteiger partial charge in [-0.3, -0.25) is 4.90 Å². The Hall–Kier alpha value is -0.820. The SMILES string of the molecule is Cc1ccc2c(c1)C(I)OC(=O)N2C1CCNCC1. The quantitative estimate of drug-likeness (QED) is 0.609. The fourth-order valence-corrected chi connectivity index (χ4v) is 3.51. The van der Waals surface area contributed by atoms with Crippen molar-refractivity contribution in [1.29, 1.82) is 0 Å². The number of fused-ring (bicyclic) bond motifs is 1. The molecule has 1 amide bonds. The Morgan fingerprint density at radius 3 is 2.84 bits per heavy atom. The second-order valence-corrected chi connectivity index (χ2v) is 6.24. The topological polar surface area (TPSA) is 41.6 Å². The molecule has 0 spiro atoms. The molecule has 0 radical (unpaired) electrons. The maximum atomic E-state index is 12.2. The van der Waals surface area contributed by atoms with Gasteiger partial charge in [-0.15, -0.1) is 0 Å². The van der Waals surface area contributed by atoms with Crippen molar-refractivity contribution < 1.29 is 9.53 Å². The number of cyclic esters (lactones) is 1. The summed E-state index contributed by atoms with van der Waals surface area (Å²) in [7, 11) is 0. The highest BCUT2D eigenvalue weighted by atomic mass is 127. The number of ether oxygens (including phenoxy) is 1. The third-order valence-electron chi connectivity index (χ3n) is 3.76. The van der Waals surface area contributed by atoms with Gasteiger partial charge in [0, 0.05) is 11.6 Å². The van der Waals surface area contributed by atoms with Crippen LogP contribution in [0.4, 0.5) is 10.5 Å². The van der Waals surface area contributed by atoms with E-state index in [1.165, 1.54) is 5.56 Å². The molecule has 3 rings (SSSR count). The predicted molar refractivity (Wildman–Crippen MR) is 82.8 cm³/mol. The number of benzene rings is 1. The van der Waals surface area contributed by atoms with Crippen LogP contribution in [0.15, 0.2) is 18.2 Å². The molecular formula is C14H17IN2O2. The van der Waals surface area contributed by atoms with Gasteiger partial charge in [-0.2, -0.15) is 0 Å². The molecule has 2 heterocycles. The Morgan fingerprint density at radius 2 is 2.11 bits per heavy atom. The zero-order valence-corrected chi connectivity index (χ0v) is 13.0. The number of nitrogens with zero attached hydrogens (tertiary/aromatic N) is 1. The first kappa shape index (κ1) is 13.2. The molecule has 0 aromatic heterocycles. The molecule has 1 fully saturated rings. The van der Waals surface area contributed by atoms with Crippen LogP contribution >= 0.6 is 22.6 Å². The van der Waals surface area contributed by atoms with Crippen LogP contribution in [0.1, 0.15) is 28.1 Å². The number of alkyl halides is 1. The molecule has 4 nitrogen and oxygen atoms in total. The third-order valence-corrected chi connectivity index (χ3v) is 4.69. The van der Waals surface area contributed by atoms with Crippen LogP contribution in [0, 0.1) is 6.92 Å². The van der Waals surface area contributed by atoms with Crippen LogP contribution < -0.4 is 10.2 Å². The molecule has 0 bridgehead atoms. The first-order chi connectivity index (χ1) is 9.16. The molecule has 1 unspecified atom stereocenters. The van der Waals surface area contributed by atoms with Gasteiger partial charge in [0.25, 0.3) is 0 Å². The molecule has 1 saturated heterocycles. The number of hydrogen-bond acceptors (Lipinski definition) is 3. The van der Waals surface area contributed by atoms with E-state index in [1.807, 2.05) is 4.90 Å². The van der Waals surface area contributed by atoms with Gasteiger partial charge < -0.3 is 10.1 Å². The first-order valence-electron chi connectivity index (χ1n) is 6.62. The lowest BCUT2D eigenvalue weighted by Crippen LogP contribution is -2.48. The number of anilines is 1. The van der Waals surface area contributed by atoms with Gasteiger partial charge in [0.2, 0.25) is 0 Å². The van der Waals surface area contributed by atoms with E-state index in [9.17, 15) is 4.79 Å². The fraction of sp³-hybridized carbons (Fsp3) is 0.500. The third kappa shape index (κ3) is 2.45. The van der Waals surface area contributed by atoms with Crippen LogP contribution in [0.3, 0.4) is 0 Å². The molecule has 1 aromatic rings. The van der Waals surface area contributed by atoms with E-state index in [0.717, 1.165) is 37.2 Å². The number of hydrogen-bond donors (Lipinski definition) is 1. The highest BCUT2D eigenvalue weighted by molar-refractivity contribution is 14.1. The van der Waals surface area contributed by atoms with Crippen LogP contribution in [0.2, 0.25) is 0 Å². The highest BCUT2D eigenvalue weighted by Gasteiger charge is 2.36. The zero-order chi connectivity index (χ0) is 13.4. The van der Waals surface area contributed by atoms with Crippen molar-refractivity contribution in [1.82, 2.24) is 5.32 Å². The number of rotatable bonds is 1. The Labute approximate surface area is 126 Å². The van der Waals surface area contributed by atoms with E-state index in [1.54, 1.807) is 0 Å². The minimum Gasteiger partial charge on any atom is -0.430 e. The average molecular weight is 372 g/mol. The number of piperidine rings is 1. The van der Waals surface area contributed by atoms with E-state index < -0.39 is 0 Å². The largest absolute Gasteiger partial charge is 0.430 e. The maximum absolute atomic E-state index is 12.2. The standard InChI is InChI=1S/C14H17IN2O2/c1-9-2-3-12-11(8-9)13(15)19-14(18)17(12)10-4-6-16-7-5-10/h2-3,8,10,13,16H,4-7H2,1H3. The van der Waals surface area contributed by atoms with Crippen molar-refractivity contribution in [2.75, 3.05) is 18.0 Å². The van der Waals surface area contributed by atoms with E-state index in [2.05, 4.69) is 53.0 Å². The fourth-order valence-electron chi connectivity index (χ4n) is 2.79. The molecule has 102 valence electrons. The lowest BCUT2D eigenvalue weighted by molar-refractivity contribution is 0.139. The number of amides is 1.